The van der Waals surface area contributed by atoms with Crippen LogP contribution in [0.4, 0.5) is 0 Å². The fourth-order valence-electron chi connectivity index (χ4n) is 2.36. The quantitative estimate of drug-likeness (QED) is 0.808. The Hall–Kier alpha value is -1.08. The van der Waals surface area contributed by atoms with Crippen LogP contribution in [-0.2, 0) is 4.79 Å². The first kappa shape index (κ1) is 15.0. The average Bonchev–Trinajstić information content (AvgIpc) is 2.75. The molecule has 0 aromatic heterocycles. The topological polar surface area (TPSA) is 56.1 Å². The Morgan fingerprint density at radius 2 is 2.11 bits per heavy atom. The summed E-state index contributed by atoms with van der Waals surface area (Å²) < 4.78 is 0. The molecule has 1 fully saturated rings. The van der Waals surface area contributed by atoms with Crippen LogP contribution in [0.2, 0.25) is 0 Å². The van der Waals surface area contributed by atoms with E-state index in [-0.39, 0.29) is 11.8 Å². The summed E-state index contributed by atoms with van der Waals surface area (Å²) in [6.45, 7) is 11.1. The van der Waals surface area contributed by atoms with Gasteiger partial charge in [-0.1, -0.05) is 13.8 Å². The van der Waals surface area contributed by atoms with Gasteiger partial charge in [0.25, 0.3) is 0 Å². The van der Waals surface area contributed by atoms with E-state index >= 15 is 0 Å². The lowest BCUT2D eigenvalue weighted by Gasteiger charge is -2.20. The Labute approximate surface area is 110 Å². The zero-order valence-electron chi connectivity index (χ0n) is 11.9. The highest BCUT2D eigenvalue weighted by Crippen LogP contribution is 2.18. The number of hydrogen-bond donors (Lipinski definition) is 1. The van der Waals surface area contributed by atoms with Crippen LogP contribution in [0.25, 0.3) is 0 Å². The first-order valence-electron chi connectivity index (χ1n) is 6.87. The second kappa shape index (κ2) is 6.75. The van der Waals surface area contributed by atoms with Crippen LogP contribution < -0.4 is 5.32 Å². The first-order chi connectivity index (χ1) is 8.45. The van der Waals surface area contributed by atoms with Crippen molar-refractivity contribution in [3.63, 3.8) is 0 Å². The van der Waals surface area contributed by atoms with Gasteiger partial charge in [0, 0.05) is 19.1 Å². The first-order valence-corrected chi connectivity index (χ1v) is 6.87. The number of hydrogen-bond acceptors (Lipinski definition) is 3. The number of nitriles is 1. The van der Waals surface area contributed by atoms with Gasteiger partial charge in [-0.3, -0.25) is 4.79 Å². The molecule has 0 radical (unpaired) electrons. The van der Waals surface area contributed by atoms with Crippen LogP contribution >= 0.6 is 0 Å². The summed E-state index contributed by atoms with van der Waals surface area (Å²) in [5.41, 5.74) is 0. The number of rotatable bonds is 5. The molecule has 0 aromatic carbocycles. The van der Waals surface area contributed by atoms with Crippen molar-refractivity contribution in [1.29, 1.82) is 5.26 Å². The molecule has 1 amide bonds. The summed E-state index contributed by atoms with van der Waals surface area (Å²) in [7, 11) is 0. The van der Waals surface area contributed by atoms with Crippen molar-refractivity contribution in [1.82, 2.24) is 10.2 Å². The van der Waals surface area contributed by atoms with E-state index in [0.29, 0.717) is 18.5 Å². The average molecular weight is 251 g/mol. The van der Waals surface area contributed by atoms with Gasteiger partial charge in [-0.15, -0.1) is 0 Å². The molecule has 1 saturated heterocycles. The molecule has 2 unspecified atom stereocenters. The van der Waals surface area contributed by atoms with E-state index in [9.17, 15) is 4.79 Å². The Kier molecular flexibility index (Phi) is 5.61. The normalized spacial score (nSPS) is 22.2. The maximum atomic E-state index is 11.8. The lowest BCUT2D eigenvalue weighted by atomic mass is 9.96. The summed E-state index contributed by atoms with van der Waals surface area (Å²) in [6.07, 6.45) is 1.14. The molecule has 0 spiro atoms. The van der Waals surface area contributed by atoms with Crippen LogP contribution in [-0.4, -0.2) is 36.5 Å². The smallest absolute Gasteiger partial charge is 0.237 e. The van der Waals surface area contributed by atoms with Gasteiger partial charge in [-0.2, -0.15) is 5.26 Å². The molecule has 2 atom stereocenters. The maximum absolute atomic E-state index is 11.8. The largest absolute Gasteiger partial charge is 0.355 e. The molecule has 1 heterocycles. The van der Waals surface area contributed by atoms with Crippen molar-refractivity contribution in [2.45, 2.75) is 40.2 Å². The third-order valence-electron chi connectivity index (χ3n) is 3.70. The Balaban J connectivity index is 2.34. The summed E-state index contributed by atoms with van der Waals surface area (Å²) in [5, 5.41) is 11.9. The Morgan fingerprint density at radius 1 is 1.44 bits per heavy atom. The van der Waals surface area contributed by atoms with Crippen molar-refractivity contribution < 1.29 is 4.79 Å². The van der Waals surface area contributed by atoms with Gasteiger partial charge in [0.05, 0.1) is 6.07 Å². The molecule has 0 bridgehead atoms. The van der Waals surface area contributed by atoms with Crippen molar-refractivity contribution in [3.05, 3.63) is 0 Å². The highest BCUT2D eigenvalue weighted by molar-refractivity contribution is 5.81. The van der Waals surface area contributed by atoms with Gasteiger partial charge in [0.1, 0.15) is 5.92 Å². The van der Waals surface area contributed by atoms with E-state index in [0.717, 1.165) is 19.5 Å². The van der Waals surface area contributed by atoms with Crippen LogP contribution in [0.5, 0.6) is 0 Å². The van der Waals surface area contributed by atoms with Crippen molar-refractivity contribution >= 4 is 5.91 Å². The predicted molar refractivity (Wildman–Crippen MR) is 71.8 cm³/mol. The van der Waals surface area contributed by atoms with Gasteiger partial charge in [-0.25, -0.2) is 0 Å². The monoisotopic (exact) mass is 251 g/mol. The molecule has 4 heteroatoms. The number of likely N-dealkylation sites (tertiary alicyclic amines) is 1. The zero-order valence-corrected chi connectivity index (χ0v) is 11.9. The molecule has 18 heavy (non-hydrogen) atoms. The summed E-state index contributed by atoms with van der Waals surface area (Å²) in [6, 6.07) is 2.66. The molecule has 1 aliphatic heterocycles. The molecule has 0 saturated carbocycles. The van der Waals surface area contributed by atoms with Crippen LogP contribution in [0.3, 0.4) is 0 Å². The van der Waals surface area contributed by atoms with Gasteiger partial charge in [0.2, 0.25) is 5.91 Å². The van der Waals surface area contributed by atoms with E-state index in [1.165, 1.54) is 0 Å². The number of nitrogens with one attached hydrogen (secondary N) is 1. The molecule has 0 aliphatic carbocycles. The molecule has 1 N–H and O–H groups in total. The Bertz CT molecular complexity index is 319. The fraction of sp³-hybridized carbons (Fsp3) is 0.857. The molecule has 1 aliphatic rings. The van der Waals surface area contributed by atoms with E-state index in [1.807, 2.05) is 13.8 Å². The van der Waals surface area contributed by atoms with Gasteiger partial charge >= 0.3 is 0 Å². The molecular weight excluding hydrogens is 226 g/mol. The minimum Gasteiger partial charge on any atom is -0.355 e. The number of carbonyl (C=O) groups excluding carboxylic acids is 1. The Morgan fingerprint density at radius 3 is 2.56 bits per heavy atom. The molecule has 4 nitrogen and oxygen atoms in total. The number of amides is 1. The third kappa shape index (κ3) is 3.99. The van der Waals surface area contributed by atoms with Crippen molar-refractivity contribution in [2.24, 2.45) is 17.8 Å². The lowest BCUT2D eigenvalue weighted by molar-refractivity contribution is -0.124. The third-order valence-corrected chi connectivity index (χ3v) is 3.70. The summed E-state index contributed by atoms with van der Waals surface area (Å²) in [5.74, 6) is -0.0308. The lowest BCUT2D eigenvalue weighted by Crippen LogP contribution is -2.37. The zero-order chi connectivity index (χ0) is 13.7. The highest BCUT2D eigenvalue weighted by atomic mass is 16.1. The van der Waals surface area contributed by atoms with Crippen molar-refractivity contribution in [2.75, 3.05) is 19.6 Å². The SMILES string of the molecule is CC(C)C(C#N)C(=O)NCC1CCN(C(C)C)C1. The van der Waals surface area contributed by atoms with E-state index in [2.05, 4.69) is 30.1 Å². The van der Waals surface area contributed by atoms with Crippen molar-refractivity contribution in [3.8, 4) is 6.07 Å². The van der Waals surface area contributed by atoms with Gasteiger partial charge in [-0.05, 0) is 38.6 Å². The summed E-state index contributed by atoms with van der Waals surface area (Å²) in [4.78, 5) is 14.3. The summed E-state index contributed by atoms with van der Waals surface area (Å²) >= 11 is 0. The van der Waals surface area contributed by atoms with E-state index < -0.39 is 5.92 Å². The molecular formula is C14H25N3O. The number of carbonyl (C=O) groups is 1. The maximum Gasteiger partial charge on any atom is 0.237 e. The fourth-order valence-corrected chi connectivity index (χ4v) is 2.36. The van der Waals surface area contributed by atoms with Crippen LogP contribution in [0.15, 0.2) is 0 Å². The van der Waals surface area contributed by atoms with Crippen LogP contribution in [0, 0.1) is 29.1 Å². The molecule has 1 rings (SSSR count). The highest BCUT2D eigenvalue weighted by Gasteiger charge is 2.26. The predicted octanol–water partition coefficient (Wildman–Crippen LogP) is 1.63. The minimum atomic E-state index is -0.521. The molecule has 102 valence electrons. The van der Waals surface area contributed by atoms with E-state index in [4.69, 9.17) is 5.26 Å². The molecule has 0 aromatic rings. The van der Waals surface area contributed by atoms with Gasteiger partial charge in [0.15, 0.2) is 0 Å². The van der Waals surface area contributed by atoms with E-state index in [1.54, 1.807) is 0 Å². The standard InChI is InChI=1S/C14H25N3O/c1-10(2)13(7-15)14(18)16-8-12-5-6-17(9-12)11(3)4/h10-13H,5-6,8-9H2,1-4H3,(H,16,18). The van der Waals surface area contributed by atoms with Crippen LogP contribution in [0.1, 0.15) is 34.1 Å². The second-order valence-corrected chi connectivity index (χ2v) is 5.84. The second-order valence-electron chi connectivity index (χ2n) is 5.84. The van der Waals surface area contributed by atoms with Gasteiger partial charge < -0.3 is 10.2 Å². The number of nitrogens with zero attached hydrogens (tertiary/aromatic N) is 2. The minimum absolute atomic E-state index is 0.0748.